The summed E-state index contributed by atoms with van der Waals surface area (Å²) in [5.41, 5.74) is -5.80. The molecule has 3 aromatic rings. The Balaban J connectivity index is 2.34. The summed E-state index contributed by atoms with van der Waals surface area (Å²) in [6.07, 6.45) is 4.43. The van der Waals surface area contributed by atoms with Crippen molar-refractivity contribution in [1.29, 1.82) is 0 Å². The number of pyridine rings is 1. The predicted octanol–water partition coefficient (Wildman–Crippen LogP) is 2.22. The molecule has 9 nitrogen and oxygen atoms in total. The Morgan fingerprint density at radius 3 is 2.46 bits per heavy atom. The molecule has 0 spiro atoms. The number of rotatable bonds is 5. The second kappa shape index (κ2) is 6.51. The quantitative estimate of drug-likeness (QED) is 0.499. The van der Waals surface area contributed by atoms with Crippen LogP contribution in [0.3, 0.4) is 0 Å². The minimum atomic E-state index is -6.03. The van der Waals surface area contributed by atoms with Crippen molar-refractivity contribution in [3.63, 3.8) is 0 Å². The number of aryl methyl sites for hydroxylation is 2. The molecule has 28 heavy (non-hydrogen) atoms. The predicted molar refractivity (Wildman–Crippen MR) is 89.3 cm³/mol. The van der Waals surface area contributed by atoms with Crippen molar-refractivity contribution in [2.45, 2.75) is 18.9 Å². The molecule has 1 N–H and O–H groups in total. The third kappa shape index (κ3) is 3.28. The third-order valence-electron chi connectivity index (χ3n) is 3.83. The van der Waals surface area contributed by atoms with Gasteiger partial charge in [-0.05, 0) is 12.5 Å². The molecule has 0 fully saturated rings. The second-order valence-corrected chi connectivity index (χ2v) is 7.29. The zero-order valence-electron chi connectivity index (χ0n) is 14.4. The van der Waals surface area contributed by atoms with Crippen molar-refractivity contribution in [3.05, 3.63) is 35.9 Å². The number of carbonyl (C=O) groups is 1. The molecule has 150 valence electrons. The Hall–Kier alpha value is -3.09. The Bertz CT molecular complexity index is 1180. The fraction of sp³-hybridized carbons (Fsp3) is 0.267. The molecule has 3 rings (SSSR count). The number of carboxylic acids is 1. The SMILES string of the molecule is CCc1nn2cc(-c3cnn(C)c3)cc(OS(=O)(=O)C(F)(F)F)c2c1C(=O)O. The van der Waals surface area contributed by atoms with E-state index >= 15 is 0 Å². The molecule has 0 saturated carbocycles. The van der Waals surface area contributed by atoms with E-state index in [2.05, 4.69) is 14.4 Å². The molecule has 0 aliphatic carbocycles. The van der Waals surface area contributed by atoms with Crippen molar-refractivity contribution >= 4 is 21.6 Å². The fourth-order valence-corrected chi connectivity index (χ4v) is 3.08. The summed E-state index contributed by atoms with van der Waals surface area (Å²) in [4.78, 5) is 11.6. The van der Waals surface area contributed by atoms with Crippen LogP contribution >= 0.6 is 0 Å². The summed E-state index contributed by atoms with van der Waals surface area (Å²) in [7, 11) is -4.42. The molecule has 0 aromatic carbocycles. The van der Waals surface area contributed by atoms with E-state index in [0.717, 1.165) is 10.6 Å². The number of alkyl halides is 3. The van der Waals surface area contributed by atoms with Gasteiger partial charge in [0.05, 0.1) is 11.9 Å². The first-order chi connectivity index (χ1) is 12.9. The molecule has 0 aliphatic heterocycles. The van der Waals surface area contributed by atoms with Crippen molar-refractivity contribution in [2.75, 3.05) is 0 Å². The number of carboxylic acid groups (broad SMARTS) is 1. The largest absolute Gasteiger partial charge is 0.534 e. The van der Waals surface area contributed by atoms with Gasteiger partial charge in [0, 0.05) is 30.6 Å². The Morgan fingerprint density at radius 1 is 1.29 bits per heavy atom. The highest BCUT2D eigenvalue weighted by Crippen LogP contribution is 2.35. The lowest BCUT2D eigenvalue weighted by Crippen LogP contribution is -2.28. The van der Waals surface area contributed by atoms with E-state index in [0.29, 0.717) is 5.56 Å². The first-order valence-corrected chi connectivity index (χ1v) is 9.13. The lowest BCUT2D eigenvalue weighted by molar-refractivity contribution is -0.0499. The molecule has 0 saturated heterocycles. The highest BCUT2D eigenvalue weighted by Gasteiger charge is 2.49. The molecule has 0 atom stereocenters. The zero-order chi connectivity index (χ0) is 20.9. The van der Waals surface area contributed by atoms with E-state index in [4.69, 9.17) is 0 Å². The maximum absolute atomic E-state index is 12.8. The number of hydrogen-bond acceptors (Lipinski definition) is 6. The first-order valence-electron chi connectivity index (χ1n) is 7.73. The summed E-state index contributed by atoms with van der Waals surface area (Å²) < 4.78 is 68.2. The van der Waals surface area contributed by atoms with Gasteiger partial charge in [0.2, 0.25) is 0 Å². The highest BCUT2D eigenvalue weighted by atomic mass is 32.2. The summed E-state index contributed by atoms with van der Waals surface area (Å²) in [6.45, 7) is 1.60. The van der Waals surface area contributed by atoms with Gasteiger partial charge in [-0.3, -0.25) is 4.68 Å². The van der Waals surface area contributed by atoms with Crippen LogP contribution in [0.15, 0.2) is 24.7 Å². The topological polar surface area (TPSA) is 116 Å². The van der Waals surface area contributed by atoms with Gasteiger partial charge in [0.15, 0.2) is 5.75 Å². The minimum absolute atomic E-state index is 0.0603. The monoisotopic (exact) mass is 418 g/mol. The van der Waals surface area contributed by atoms with Crippen LogP contribution in [0.2, 0.25) is 0 Å². The summed E-state index contributed by atoms with van der Waals surface area (Å²) in [6, 6.07) is 1.00. The van der Waals surface area contributed by atoms with Crippen LogP contribution in [0.1, 0.15) is 23.0 Å². The lowest BCUT2D eigenvalue weighted by Gasteiger charge is -2.12. The zero-order valence-corrected chi connectivity index (χ0v) is 15.2. The van der Waals surface area contributed by atoms with Gasteiger partial charge in [-0.2, -0.15) is 31.8 Å². The van der Waals surface area contributed by atoms with Crippen molar-refractivity contribution < 1.29 is 35.7 Å². The van der Waals surface area contributed by atoms with E-state index < -0.39 is 38.4 Å². The van der Waals surface area contributed by atoms with Crippen molar-refractivity contribution in [1.82, 2.24) is 19.4 Å². The Kier molecular flexibility index (Phi) is 4.57. The van der Waals surface area contributed by atoms with Gasteiger partial charge in [0.1, 0.15) is 11.1 Å². The lowest BCUT2D eigenvalue weighted by atomic mass is 10.1. The van der Waals surface area contributed by atoms with Crippen molar-refractivity contribution in [3.8, 4) is 16.9 Å². The number of hydrogen-bond donors (Lipinski definition) is 1. The molecule has 0 bridgehead atoms. The van der Waals surface area contributed by atoms with Crippen LogP contribution in [-0.2, 0) is 23.6 Å². The Morgan fingerprint density at radius 2 is 1.96 bits per heavy atom. The molecule has 0 unspecified atom stereocenters. The van der Waals surface area contributed by atoms with Crippen molar-refractivity contribution in [2.24, 2.45) is 7.05 Å². The molecule has 13 heteroatoms. The van der Waals surface area contributed by atoms with Crippen LogP contribution in [-0.4, -0.2) is 44.4 Å². The van der Waals surface area contributed by atoms with Gasteiger partial charge in [-0.1, -0.05) is 6.92 Å². The average molecular weight is 418 g/mol. The molecule has 0 amide bonds. The smallest absolute Gasteiger partial charge is 0.478 e. The van der Waals surface area contributed by atoms with E-state index in [1.807, 2.05) is 0 Å². The van der Waals surface area contributed by atoms with E-state index in [9.17, 15) is 31.5 Å². The summed E-state index contributed by atoms with van der Waals surface area (Å²) in [5.74, 6) is -2.28. The minimum Gasteiger partial charge on any atom is -0.478 e. The van der Waals surface area contributed by atoms with Gasteiger partial charge in [-0.15, -0.1) is 0 Å². The average Bonchev–Trinajstić information content (AvgIpc) is 3.16. The number of aromatic nitrogens is 4. The first kappa shape index (κ1) is 19.7. The van der Waals surface area contributed by atoms with Gasteiger partial charge < -0.3 is 9.29 Å². The van der Waals surface area contributed by atoms with Crippen LogP contribution in [0.4, 0.5) is 13.2 Å². The molecule has 0 aliphatic rings. The van der Waals surface area contributed by atoms with Gasteiger partial charge in [-0.25, -0.2) is 9.31 Å². The summed E-state index contributed by atoms with van der Waals surface area (Å²) >= 11 is 0. The molecule has 3 heterocycles. The van der Waals surface area contributed by atoms with Gasteiger partial charge in [0.25, 0.3) is 0 Å². The standard InChI is InChI=1S/C15H13F3N4O5S/c1-3-10-12(14(23)24)13-11(27-28(25,26)15(16,17)18)4-8(7-22(13)20-10)9-5-19-21(2)6-9/h4-7H,3H2,1-2H3,(H,23,24). The molecular formula is C15H13F3N4O5S. The number of aromatic carboxylic acids is 1. The summed E-state index contributed by atoms with van der Waals surface area (Å²) in [5, 5.41) is 17.5. The fourth-order valence-electron chi connectivity index (χ4n) is 2.62. The van der Waals surface area contributed by atoms with E-state index in [-0.39, 0.29) is 17.7 Å². The van der Waals surface area contributed by atoms with Crippen LogP contribution in [0, 0.1) is 0 Å². The van der Waals surface area contributed by atoms with Crippen LogP contribution in [0.25, 0.3) is 16.6 Å². The third-order valence-corrected chi connectivity index (χ3v) is 4.80. The maximum Gasteiger partial charge on any atom is 0.534 e. The molecule has 3 aromatic heterocycles. The number of fused-ring (bicyclic) bond motifs is 1. The molecule has 0 radical (unpaired) electrons. The normalized spacial score (nSPS) is 12.5. The van der Waals surface area contributed by atoms with Gasteiger partial charge >= 0.3 is 21.6 Å². The van der Waals surface area contributed by atoms with Crippen LogP contribution < -0.4 is 4.18 Å². The molecular weight excluding hydrogens is 405 g/mol. The van der Waals surface area contributed by atoms with Crippen LogP contribution in [0.5, 0.6) is 5.75 Å². The maximum atomic E-state index is 12.8. The number of nitrogens with zero attached hydrogens (tertiary/aromatic N) is 4. The van der Waals surface area contributed by atoms with E-state index in [1.54, 1.807) is 14.0 Å². The Labute approximate surface area is 156 Å². The highest BCUT2D eigenvalue weighted by molar-refractivity contribution is 7.88. The number of halogens is 3. The van der Waals surface area contributed by atoms with E-state index in [1.165, 1.54) is 23.3 Å². The second-order valence-electron chi connectivity index (χ2n) is 5.75.